The van der Waals surface area contributed by atoms with Crippen LogP contribution in [0, 0.1) is 12.3 Å². The van der Waals surface area contributed by atoms with Crippen LogP contribution in [0.4, 0.5) is 4.79 Å². The Morgan fingerprint density at radius 2 is 2.12 bits per heavy atom. The van der Waals surface area contributed by atoms with Crippen molar-refractivity contribution in [1.29, 1.82) is 0 Å². The minimum Gasteiger partial charge on any atom is -0.481 e. The van der Waals surface area contributed by atoms with Crippen molar-refractivity contribution < 1.29 is 14.7 Å². The largest absolute Gasteiger partial charge is 0.481 e. The summed E-state index contributed by atoms with van der Waals surface area (Å²) < 4.78 is 0. The molecule has 0 radical (unpaired) electrons. The molecule has 0 atom stereocenters. The van der Waals surface area contributed by atoms with Gasteiger partial charge in [0, 0.05) is 33.0 Å². The lowest BCUT2D eigenvalue weighted by molar-refractivity contribution is -0.137. The van der Waals surface area contributed by atoms with E-state index in [4.69, 9.17) is 11.5 Å². The van der Waals surface area contributed by atoms with Crippen molar-refractivity contribution in [3.8, 4) is 12.3 Å². The smallest absolute Gasteiger partial charge is 0.317 e. The van der Waals surface area contributed by atoms with Crippen molar-refractivity contribution in [2.24, 2.45) is 0 Å². The molecule has 2 N–H and O–H groups in total. The molecule has 16 heavy (non-hydrogen) atoms. The topological polar surface area (TPSA) is 69.6 Å². The summed E-state index contributed by atoms with van der Waals surface area (Å²) in [7, 11) is 1.64. The minimum absolute atomic E-state index is 0.0781. The van der Waals surface area contributed by atoms with Crippen LogP contribution in [0.3, 0.4) is 0 Å². The van der Waals surface area contributed by atoms with Gasteiger partial charge in [-0.1, -0.05) is 0 Å². The lowest BCUT2D eigenvalue weighted by Gasteiger charge is -2.17. The number of hydrogen-bond acceptors (Lipinski definition) is 2. The van der Waals surface area contributed by atoms with Crippen LogP contribution in [-0.4, -0.2) is 42.1 Å². The van der Waals surface area contributed by atoms with E-state index in [0.29, 0.717) is 25.9 Å². The monoisotopic (exact) mass is 226 g/mol. The molecule has 0 spiro atoms. The SMILES string of the molecule is C#CCCCNC(=O)N(C)CCCC(=O)O. The Hall–Kier alpha value is -1.70. The highest BCUT2D eigenvalue weighted by atomic mass is 16.4. The van der Waals surface area contributed by atoms with Gasteiger partial charge in [-0.25, -0.2) is 4.79 Å². The number of nitrogens with one attached hydrogen (secondary N) is 1. The maximum Gasteiger partial charge on any atom is 0.317 e. The van der Waals surface area contributed by atoms with Crippen LogP contribution in [0.2, 0.25) is 0 Å². The molecular weight excluding hydrogens is 208 g/mol. The third-order valence-corrected chi connectivity index (χ3v) is 2.00. The molecule has 0 aromatic heterocycles. The molecule has 0 aliphatic heterocycles. The van der Waals surface area contributed by atoms with Crippen molar-refractivity contribution in [2.75, 3.05) is 20.1 Å². The number of carbonyl (C=O) groups excluding carboxylic acids is 1. The molecule has 0 fully saturated rings. The lowest BCUT2D eigenvalue weighted by Crippen LogP contribution is -2.38. The molecule has 0 aliphatic carbocycles. The maximum absolute atomic E-state index is 11.4. The van der Waals surface area contributed by atoms with Gasteiger partial charge >= 0.3 is 12.0 Å². The molecule has 0 aromatic carbocycles. The van der Waals surface area contributed by atoms with E-state index in [0.717, 1.165) is 6.42 Å². The fourth-order valence-electron chi connectivity index (χ4n) is 1.09. The Kier molecular flexibility index (Phi) is 7.68. The molecule has 0 bridgehead atoms. The fraction of sp³-hybridized carbons (Fsp3) is 0.636. The summed E-state index contributed by atoms with van der Waals surface area (Å²) in [5.74, 6) is 1.64. The molecule has 0 saturated carbocycles. The van der Waals surface area contributed by atoms with Gasteiger partial charge < -0.3 is 15.3 Å². The third kappa shape index (κ3) is 7.68. The second-order valence-corrected chi connectivity index (χ2v) is 3.46. The van der Waals surface area contributed by atoms with Gasteiger partial charge in [-0.05, 0) is 12.8 Å². The van der Waals surface area contributed by atoms with Crippen LogP contribution in [-0.2, 0) is 4.79 Å². The van der Waals surface area contributed by atoms with E-state index in [1.165, 1.54) is 4.90 Å². The molecular formula is C11H18N2O3. The van der Waals surface area contributed by atoms with Crippen molar-refractivity contribution in [1.82, 2.24) is 10.2 Å². The summed E-state index contributed by atoms with van der Waals surface area (Å²) in [6.07, 6.45) is 7.01. The second kappa shape index (κ2) is 8.60. The summed E-state index contributed by atoms with van der Waals surface area (Å²) in [6, 6.07) is -0.192. The van der Waals surface area contributed by atoms with E-state index in [1.54, 1.807) is 7.05 Å². The quantitative estimate of drug-likeness (QED) is 0.500. The summed E-state index contributed by atoms with van der Waals surface area (Å²) >= 11 is 0. The molecule has 0 aromatic rings. The Balaban J connectivity index is 3.57. The van der Waals surface area contributed by atoms with Crippen LogP contribution in [0.1, 0.15) is 25.7 Å². The van der Waals surface area contributed by atoms with Crippen molar-refractivity contribution in [2.45, 2.75) is 25.7 Å². The van der Waals surface area contributed by atoms with E-state index in [-0.39, 0.29) is 12.5 Å². The lowest BCUT2D eigenvalue weighted by atomic mass is 10.3. The third-order valence-electron chi connectivity index (χ3n) is 2.00. The maximum atomic E-state index is 11.4. The Labute approximate surface area is 95.8 Å². The molecule has 5 nitrogen and oxygen atoms in total. The highest BCUT2D eigenvalue weighted by Crippen LogP contribution is 1.94. The zero-order chi connectivity index (χ0) is 12.4. The molecule has 2 amide bonds. The molecule has 5 heteroatoms. The van der Waals surface area contributed by atoms with Crippen molar-refractivity contribution >= 4 is 12.0 Å². The first-order valence-electron chi connectivity index (χ1n) is 5.22. The van der Waals surface area contributed by atoms with Crippen molar-refractivity contribution in [3.05, 3.63) is 0 Å². The van der Waals surface area contributed by atoms with Gasteiger partial charge in [0.2, 0.25) is 0 Å². The van der Waals surface area contributed by atoms with E-state index in [1.807, 2.05) is 0 Å². The number of unbranched alkanes of at least 4 members (excludes halogenated alkanes) is 1. The van der Waals surface area contributed by atoms with Gasteiger partial charge in [0.15, 0.2) is 0 Å². The number of carboxylic acid groups (broad SMARTS) is 1. The number of rotatable bonds is 7. The van der Waals surface area contributed by atoms with E-state index in [9.17, 15) is 9.59 Å². The number of nitrogens with zero attached hydrogens (tertiary/aromatic N) is 1. The Bertz CT molecular complexity index is 271. The second-order valence-electron chi connectivity index (χ2n) is 3.46. The minimum atomic E-state index is -0.845. The predicted molar refractivity (Wildman–Crippen MR) is 61.0 cm³/mol. The number of terminal acetylenes is 1. The Morgan fingerprint density at radius 3 is 2.69 bits per heavy atom. The average molecular weight is 226 g/mol. The van der Waals surface area contributed by atoms with Gasteiger partial charge in [0.05, 0.1) is 0 Å². The van der Waals surface area contributed by atoms with Gasteiger partial charge in [0.25, 0.3) is 0 Å². The average Bonchev–Trinajstić information content (AvgIpc) is 2.23. The normalized spacial score (nSPS) is 9.25. The number of aliphatic carboxylic acids is 1. The van der Waals surface area contributed by atoms with Crippen LogP contribution >= 0.6 is 0 Å². The predicted octanol–water partition coefficient (Wildman–Crippen LogP) is 0.906. The number of carboxylic acids is 1. The van der Waals surface area contributed by atoms with Crippen LogP contribution < -0.4 is 5.32 Å². The van der Waals surface area contributed by atoms with Crippen LogP contribution in [0.25, 0.3) is 0 Å². The van der Waals surface area contributed by atoms with Crippen LogP contribution in [0.5, 0.6) is 0 Å². The summed E-state index contributed by atoms with van der Waals surface area (Å²) in [4.78, 5) is 23.1. The van der Waals surface area contributed by atoms with Gasteiger partial charge in [-0.2, -0.15) is 0 Å². The zero-order valence-corrected chi connectivity index (χ0v) is 9.53. The van der Waals surface area contributed by atoms with E-state index in [2.05, 4.69) is 11.2 Å². The summed E-state index contributed by atoms with van der Waals surface area (Å²) in [5, 5.41) is 11.1. The Morgan fingerprint density at radius 1 is 1.44 bits per heavy atom. The summed E-state index contributed by atoms with van der Waals surface area (Å²) in [6.45, 7) is 0.986. The molecule has 0 aliphatic rings. The number of hydrogen-bond donors (Lipinski definition) is 2. The highest BCUT2D eigenvalue weighted by molar-refractivity contribution is 5.73. The number of carbonyl (C=O) groups is 2. The van der Waals surface area contributed by atoms with Crippen molar-refractivity contribution in [3.63, 3.8) is 0 Å². The molecule has 90 valence electrons. The first-order valence-corrected chi connectivity index (χ1v) is 5.22. The number of urea groups is 1. The fourth-order valence-corrected chi connectivity index (χ4v) is 1.09. The first kappa shape index (κ1) is 14.3. The van der Waals surface area contributed by atoms with Crippen LogP contribution in [0.15, 0.2) is 0 Å². The zero-order valence-electron chi connectivity index (χ0n) is 9.53. The van der Waals surface area contributed by atoms with Gasteiger partial charge in [-0.3, -0.25) is 4.79 Å². The summed E-state index contributed by atoms with van der Waals surface area (Å²) in [5.41, 5.74) is 0. The highest BCUT2D eigenvalue weighted by Gasteiger charge is 2.07. The molecule has 0 unspecified atom stereocenters. The van der Waals surface area contributed by atoms with Gasteiger partial charge in [0.1, 0.15) is 0 Å². The number of amides is 2. The van der Waals surface area contributed by atoms with E-state index >= 15 is 0 Å². The standard InChI is InChI=1S/C11H18N2O3/c1-3-4-5-8-12-11(16)13(2)9-6-7-10(14)15/h1H,4-9H2,2H3,(H,12,16)(H,14,15). The van der Waals surface area contributed by atoms with E-state index < -0.39 is 5.97 Å². The first-order chi connectivity index (χ1) is 7.57. The molecule has 0 saturated heterocycles. The van der Waals surface area contributed by atoms with Gasteiger partial charge in [-0.15, -0.1) is 12.3 Å². The molecule has 0 rings (SSSR count). The molecule has 0 heterocycles.